The Labute approximate surface area is 215 Å². The van der Waals surface area contributed by atoms with E-state index in [9.17, 15) is 4.57 Å². The predicted octanol–water partition coefficient (Wildman–Crippen LogP) is 4.91. The molecule has 1 saturated heterocycles. The Morgan fingerprint density at radius 3 is 2.59 bits per heavy atom. The van der Waals surface area contributed by atoms with Gasteiger partial charge in [0.05, 0.1) is 24.4 Å². The van der Waals surface area contributed by atoms with E-state index in [-0.39, 0.29) is 0 Å². The summed E-state index contributed by atoms with van der Waals surface area (Å²) in [5, 5.41) is 10.3. The molecule has 0 aliphatic carbocycles. The fourth-order valence-corrected chi connectivity index (χ4v) is 5.46. The van der Waals surface area contributed by atoms with Gasteiger partial charge in [0, 0.05) is 41.2 Å². The van der Waals surface area contributed by atoms with Gasteiger partial charge in [0.25, 0.3) is 8.03 Å². The van der Waals surface area contributed by atoms with Crippen molar-refractivity contribution in [2.24, 2.45) is 0 Å². The monoisotopic (exact) mass is 516 g/mol. The second kappa shape index (κ2) is 10.4. The predicted molar refractivity (Wildman–Crippen MR) is 147 cm³/mol. The maximum absolute atomic E-state index is 12.8. The zero-order chi connectivity index (χ0) is 25.2. The van der Waals surface area contributed by atoms with Crippen LogP contribution in [-0.4, -0.2) is 59.5 Å². The first-order valence-electron chi connectivity index (χ1n) is 12.5. The van der Waals surface area contributed by atoms with Crippen molar-refractivity contribution in [2.45, 2.75) is 6.92 Å². The number of H-pyrrole nitrogens is 2. The molecule has 1 aliphatic heterocycles. The molecule has 3 aromatic carbocycles. The van der Waals surface area contributed by atoms with Crippen LogP contribution in [0.25, 0.3) is 33.2 Å². The van der Waals surface area contributed by atoms with E-state index in [4.69, 9.17) is 14.0 Å². The molecule has 1 fully saturated rings. The molecule has 2 N–H and O–H groups in total. The molecule has 0 saturated carbocycles. The minimum absolute atomic E-state index is 0.548. The molecule has 9 heteroatoms. The van der Waals surface area contributed by atoms with Gasteiger partial charge in [-0.25, -0.2) is 0 Å². The molecule has 1 aliphatic rings. The van der Waals surface area contributed by atoms with Crippen LogP contribution in [0, 0.1) is 6.92 Å². The standard InChI is InChI=1S/C28H29N4O4P/c1-19-2-6-23(7-3-19)37(33)36-22-5-9-26-24(18-22)28(31-30-26)27-17-20-16-21(4-8-25(20)29-27)35-15-12-32-10-13-34-14-11-32/h2-9,16-18,29,37H,10-15H2,1H3,(H,30,31). The van der Waals surface area contributed by atoms with Crippen molar-refractivity contribution in [2.75, 3.05) is 39.5 Å². The van der Waals surface area contributed by atoms with E-state index in [2.05, 4.69) is 26.1 Å². The summed E-state index contributed by atoms with van der Waals surface area (Å²) >= 11 is 0. The van der Waals surface area contributed by atoms with Gasteiger partial charge in [-0.1, -0.05) is 17.7 Å². The summed E-state index contributed by atoms with van der Waals surface area (Å²) in [5.74, 6) is 1.39. The van der Waals surface area contributed by atoms with E-state index in [1.807, 2.05) is 67.6 Å². The Bertz CT molecular complexity index is 1550. The number of nitrogens with zero attached hydrogens (tertiary/aromatic N) is 2. The first kappa shape index (κ1) is 23.8. The first-order valence-corrected chi connectivity index (χ1v) is 13.8. The Balaban J connectivity index is 1.20. The zero-order valence-electron chi connectivity index (χ0n) is 20.6. The minimum atomic E-state index is -2.42. The van der Waals surface area contributed by atoms with Gasteiger partial charge in [-0.3, -0.25) is 14.6 Å². The van der Waals surface area contributed by atoms with E-state index in [1.54, 1.807) is 0 Å². The lowest BCUT2D eigenvalue weighted by Crippen LogP contribution is -2.38. The summed E-state index contributed by atoms with van der Waals surface area (Å²) in [5.41, 5.74) is 4.66. The van der Waals surface area contributed by atoms with Crippen LogP contribution in [-0.2, 0) is 9.30 Å². The molecule has 1 unspecified atom stereocenters. The Morgan fingerprint density at radius 2 is 1.76 bits per heavy atom. The van der Waals surface area contributed by atoms with Gasteiger partial charge in [-0.15, -0.1) is 0 Å². The van der Waals surface area contributed by atoms with Crippen LogP contribution in [0.3, 0.4) is 0 Å². The number of ether oxygens (including phenoxy) is 2. The molecule has 190 valence electrons. The normalized spacial score (nSPS) is 15.3. The second-order valence-electron chi connectivity index (χ2n) is 9.27. The van der Waals surface area contributed by atoms with Gasteiger partial charge in [-0.2, -0.15) is 5.10 Å². The van der Waals surface area contributed by atoms with Crippen LogP contribution in [0.2, 0.25) is 0 Å². The largest absolute Gasteiger partial charge is 0.492 e. The number of aryl methyl sites for hydroxylation is 1. The molecule has 8 nitrogen and oxygen atoms in total. The third-order valence-electron chi connectivity index (χ3n) is 6.66. The number of nitrogens with one attached hydrogen (secondary N) is 2. The Hall–Kier alpha value is -3.58. The molecule has 0 radical (unpaired) electrons. The van der Waals surface area contributed by atoms with E-state index in [0.717, 1.165) is 77.4 Å². The Kier molecular flexibility index (Phi) is 6.70. The Morgan fingerprint density at radius 1 is 0.973 bits per heavy atom. The SMILES string of the molecule is Cc1ccc([PH](=O)Oc2ccc3[nH]nc(-c4cc5cc(OCCN6CCOCC6)ccc5[nH]4)c3c2)cc1. The second-order valence-corrected chi connectivity index (χ2v) is 10.6. The maximum atomic E-state index is 12.8. The average Bonchev–Trinajstić information content (AvgIpc) is 3.53. The highest BCUT2D eigenvalue weighted by atomic mass is 31.1. The van der Waals surface area contributed by atoms with Crippen LogP contribution in [0.1, 0.15) is 5.56 Å². The van der Waals surface area contributed by atoms with E-state index in [1.165, 1.54) is 0 Å². The minimum Gasteiger partial charge on any atom is -0.492 e. The van der Waals surface area contributed by atoms with Gasteiger partial charge < -0.3 is 19.0 Å². The topological polar surface area (TPSA) is 92.5 Å². The molecule has 2 aromatic heterocycles. The summed E-state index contributed by atoms with van der Waals surface area (Å²) in [4.78, 5) is 5.82. The number of aromatic nitrogens is 3. The highest BCUT2D eigenvalue weighted by Crippen LogP contribution is 2.34. The van der Waals surface area contributed by atoms with Crippen molar-refractivity contribution in [3.8, 4) is 22.9 Å². The molecule has 1 atom stereocenters. The molecule has 3 heterocycles. The number of morpholine rings is 1. The smallest absolute Gasteiger partial charge is 0.265 e. The molecule has 0 amide bonds. The van der Waals surface area contributed by atoms with Gasteiger partial charge in [0.15, 0.2) is 0 Å². The summed E-state index contributed by atoms with van der Waals surface area (Å²) in [6.07, 6.45) is 0. The zero-order valence-corrected chi connectivity index (χ0v) is 21.6. The van der Waals surface area contributed by atoms with E-state index < -0.39 is 8.03 Å². The number of hydrogen-bond acceptors (Lipinski definition) is 6. The fourth-order valence-electron chi connectivity index (χ4n) is 4.56. The van der Waals surface area contributed by atoms with Gasteiger partial charge >= 0.3 is 0 Å². The van der Waals surface area contributed by atoms with Crippen molar-refractivity contribution in [3.63, 3.8) is 0 Å². The van der Waals surface area contributed by atoms with Crippen molar-refractivity contribution < 1.29 is 18.6 Å². The van der Waals surface area contributed by atoms with Crippen LogP contribution in [0.4, 0.5) is 0 Å². The molecule has 37 heavy (non-hydrogen) atoms. The lowest BCUT2D eigenvalue weighted by atomic mass is 10.1. The molecule has 0 spiro atoms. The van der Waals surface area contributed by atoms with Crippen LogP contribution < -0.4 is 14.6 Å². The van der Waals surface area contributed by atoms with Crippen molar-refractivity contribution >= 4 is 35.1 Å². The summed E-state index contributed by atoms with van der Waals surface area (Å²) < 4.78 is 30.0. The lowest BCUT2D eigenvalue weighted by Gasteiger charge is -2.26. The molecule has 0 bridgehead atoms. The van der Waals surface area contributed by atoms with Crippen LogP contribution in [0.15, 0.2) is 66.7 Å². The van der Waals surface area contributed by atoms with Gasteiger partial charge in [0.1, 0.15) is 23.8 Å². The third-order valence-corrected chi connectivity index (χ3v) is 7.89. The van der Waals surface area contributed by atoms with E-state index in [0.29, 0.717) is 17.7 Å². The highest BCUT2D eigenvalue weighted by molar-refractivity contribution is 7.48. The highest BCUT2D eigenvalue weighted by Gasteiger charge is 2.14. The quantitative estimate of drug-likeness (QED) is 0.285. The van der Waals surface area contributed by atoms with Crippen molar-refractivity contribution in [1.82, 2.24) is 20.1 Å². The van der Waals surface area contributed by atoms with Gasteiger partial charge in [-0.05, 0) is 61.5 Å². The summed E-state index contributed by atoms with van der Waals surface area (Å²) in [6, 6.07) is 21.3. The van der Waals surface area contributed by atoms with E-state index >= 15 is 0 Å². The third kappa shape index (κ3) is 5.27. The molecule has 6 rings (SSSR count). The van der Waals surface area contributed by atoms with Crippen LogP contribution in [0.5, 0.6) is 11.5 Å². The molecule has 5 aromatic rings. The number of hydrogen-bond donors (Lipinski definition) is 2. The average molecular weight is 517 g/mol. The summed E-state index contributed by atoms with van der Waals surface area (Å²) in [7, 11) is -2.42. The summed E-state index contributed by atoms with van der Waals surface area (Å²) in [6.45, 7) is 7.02. The van der Waals surface area contributed by atoms with Gasteiger partial charge in [0.2, 0.25) is 0 Å². The lowest BCUT2D eigenvalue weighted by molar-refractivity contribution is 0.0322. The first-order chi connectivity index (χ1) is 18.1. The maximum Gasteiger partial charge on any atom is 0.265 e. The van der Waals surface area contributed by atoms with Crippen LogP contribution >= 0.6 is 8.03 Å². The number of benzene rings is 3. The molecular weight excluding hydrogens is 487 g/mol. The van der Waals surface area contributed by atoms with Crippen molar-refractivity contribution in [3.05, 3.63) is 72.3 Å². The number of fused-ring (bicyclic) bond motifs is 2. The fraction of sp³-hybridized carbons (Fsp3) is 0.250. The number of rotatable bonds is 8. The van der Waals surface area contributed by atoms with Crippen molar-refractivity contribution in [1.29, 1.82) is 0 Å². The number of aromatic amines is 2. The molecular formula is C28H29N4O4P.